The zero-order valence-corrected chi connectivity index (χ0v) is 20.3. The molecule has 1 aliphatic rings. The van der Waals surface area contributed by atoms with Crippen molar-refractivity contribution in [1.29, 1.82) is 0 Å². The first-order chi connectivity index (χ1) is 16.3. The molecule has 2 amide bonds. The Labute approximate surface area is 200 Å². The van der Waals surface area contributed by atoms with Crippen molar-refractivity contribution in [3.05, 3.63) is 48.0 Å². The molecule has 2 aromatic carbocycles. The fraction of sp³-hybridized carbons (Fsp3) is 0.417. The predicted octanol–water partition coefficient (Wildman–Crippen LogP) is 3.03. The zero-order valence-electron chi connectivity index (χ0n) is 19.5. The van der Waals surface area contributed by atoms with Crippen LogP contribution in [0.2, 0.25) is 0 Å². The number of ether oxygens (including phenoxy) is 2. The van der Waals surface area contributed by atoms with Gasteiger partial charge in [0.15, 0.2) is 0 Å². The average Bonchev–Trinajstić information content (AvgIpc) is 3.14. The van der Waals surface area contributed by atoms with Crippen molar-refractivity contribution in [2.45, 2.75) is 37.5 Å². The van der Waals surface area contributed by atoms with E-state index in [1.807, 2.05) is 6.92 Å². The van der Waals surface area contributed by atoms with E-state index in [0.717, 1.165) is 25.7 Å². The maximum atomic E-state index is 13.3. The highest BCUT2D eigenvalue weighted by atomic mass is 32.2. The molecular formula is C24H31N3O6S. The minimum absolute atomic E-state index is 0.0524. The van der Waals surface area contributed by atoms with E-state index in [9.17, 15) is 18.0 Å². The van der Waals surface area contributed by atoms with E-state index in [4.69, 9.17) is 9.47 Å². The van der Waals surface area contributed by atoms with Crippen LogP contribution in [-0.4, -0.2) is 57.9 Å². The van der Waals surface area contributed by atoms with Crippen LogP contribution < -0.4 is 20.1 Å². The van der Waals surface area contributed by atoms with E-state index >= 15 is 0 Å². The number of carbonyl (C=O) groups is 2. The van der Waals surface area contributed by atoms with E-state index in [-0.39, 0.29) is 22.8 Å². The molecule has 1 heterocycles. The number of hydrogen-bond acceptors (Lipinski definition) is 6. The molecule has 0 atom stereocenters. The van der Waals surface area contributed by atoms with Crippen LogP contribution >= 0.6 is 0 Å². The van der Waals surface area contributed by atoms with Gasteiger partial charge in [-0.2, -0.15) is 4.31 Å². The second-order valence-electron chi connectivity index (χ2n) is 7.87. The van der Waals surface area contributed by atoms with Gasteiger partial charge in [0.2, 0.25) is 15.9 Å². The van der Waals surface area contributed by atoms with Crippen molar-refractivity contribution in [2.24, 2.45) is 0 Å². The van der Waals surface area contributed by atoms with Gasteiger partial charge in [-0.3, -0.25) is 9.59 Å². The van der Waals surface area contributed by atoms with E-state index in [0.29, 0.717) is 31.1 Å². The lowest BCUT2D eigenvalue weighted by Crippen LogP contribution is -2.34. The van der Waals surface area contributed by atoms with E-state index < -0.39 is 21.8 Å². The lowest BCUT2D eigenvalue weighted by atomic mass is 10.2. The Hall–Kier alpha value is -3.11. The summed E-state index contributed by atoms with van der Waals surface area (Å²) in [4.78, 5) is 24.9. The summed E-state index contributed by atoms with van der Waals surface area (Å²) in [5.41, 5.74) is 0.695. The monoisotopic (exact) mass is 489 g/mol. The maximum absolute atomic E-state index is 13.3. The number of nitrogens with zero attached hydrogens (tertiary/aromatic N) is 1. The average molecular weight is 490 g/mol. The van der Waals surface area contributed by atoms with E-state index in [1.165, 1.54) is 29.6 Å². The number of benzene rings is 2. The lowest BCUT2D eigenvalue weighted by molar-refractivity contribution is -0.115. The summed E-state index contributed by atoms with van der Waals surface area (Å²) in [6.45, 7) is 3.03. The van der Waals surface area contributed by atoms with Gasteiger partial charge in [-0.15, -0.1) is 0 Å². The summed E-state index contributed by atoms with van der Waals surface area (Å²) in [6, 6.07) is 11.1. The van der Waals surface area contributed by atoms with Crippen molar-refractivity contribution < 1.29 is 27.5 Å². The molecule has 2 N–H and O–H groups in total. The lowest BCUT2D eigenvalue weighted by Gasteiger charge is -2.21. The molecule has 1 aliphatic heterocycles. The fourth-order valence-electron chi connectivity index (χ4n) is 3.71. The van der Waals surface area contributed by atoms with Crippen LogP contribution in [0.25, 0.3) is 0 Å². The fourth-order valence-corrected chi connectivity index (χ4v) is 5.41. The van der Waals surface area contributed by atoms with Crippen molar-refractivity contribution in [2.75, 3.05) is 38.7 Å². The smallest absolute Gasteiger partial charge is 0.251 e. The summed E-state index contributed by atoms with van der Waals surface area (Å²) in [6.07, 6.45) is 3.57. The number of methoxy groups -OCH3 is 1. The number of hydrogen-bond donors (Lipinski definition) is 2. The van der Waals surface area contributed by atoms with Crippen LogP contribution in [0.4, 0.5) is 5.69 Å². The van der Waals surface area contributed by atoms with Crippen LogP contribution in [0.3, 0.4) is 0 Å². The third-order valence-electron chi connectivity index (χ3n) is 5.47. The molecular weight excluding hydrogens is 458 g/mol. The number of anilines is 1. The number of nitrogens with one attached hydrogen (secondary N) is 2. The van der Waals surface area contributed by atoms with Crippen LogP contribution in [0.15, 0.2) is 47.4 Å². The van der Waals surface area contributed by atoms with Gasteiger partial charge in [0, 0.05) is 24.3 Å². The minimum atomic E-state index is -3.83. The Balaban J connectivity index is 1.67. The topological polar surface area (TPSA) is 114 Å². The number of carbonyl (C=O) groups excluding carboxylic acids is 2. The predicted molar refractivity (Wildman–Crippen MR) is 129 cm³/mol. The summed E-state index contributed by atoms with van der Waals surface area (Å²) >= 11 is 0. The third-order valence-corrected chi connectivity index (χ3v) is 7.39. The maximum Gasteiger partial charge on any atom is 0.251 e. The largest absolute Gasteiger partial charge is 0.495 e. The summed E-state index contributed by atoms with van der Waals surface area (Å²) in [5, 5.41) is 5.22. The molecule has 0 unspecified atom stereocenters. The molecule has 1 fully saturated rings. The second-order valence-corrected chi connectivity index (χ2v) is 9.78. The van der Waals surface area contributed by atoms with Gasteiger partial charge < -0.3 is 20.1 Å². The van der Waals surface area contributed by atoms with Crippen molar-refractivity contribution in [3.63, 3.8) is 0 Å². The Kier molecular flexibility index (Phi) is 8.89. The van der Waals surface area contributed by atoms with Crippen molar-refractivity contribution >= 4 is 27.5 Å². The van der Waals surface area contributed by atoms with Gasteiger partial charge in [0.25, 0.3) is 5.91 Å². The Morgan fingerprint density at radius 3 is 2.29 bits per heavy atom. The molecule has 9 nitrogen and oxygen atoms in total. The Morgan fingerprint density at radius 2 is 1.68 bits per heavy atom. The number of rotatable bonds is 9. The van der Waals surface area contributed by atoms with Gasteiger partial charge in [-0.1, -0.05) is 12.8 Å². The third kappa shape index (κ3) is 6.48. The molecule has 1 saturated heterocycles. The first-order valence-corrected chi connectivity index (χ1v) is 12.8. The first-order valence-electron chi connectivity index (χ1n) is 11.3. The van der Waals surface area contributed by atoms with Crippen molar-refractivity contribution in [3.8, 4) is 11.5 Å². The molecule has 2 aromatic rings. The highest BCUT2D eigenvalue weighted by molar-refractivity contribution is 7.89. The molecule has 0 bridgehead atoms. The Bertz CT molecular complexity index is 1090. The summed E-state index contributed by atoms with van der Waals surface area (Å²) in [7, 11) is -2.43. The molecule has 0 radical (unpaired) electrons. The molecule has 0 saturated carbocycles. The van der Waals surface area contributed by atoms with Gasteiger partial charge >= 0.3 is 0 Å². The van der Waals surface area contributed by atoms with Gasteiger partial charge in [0.05, 0.1) is 20.3 Å². The molecule has 34 heavy (non-hydrogen) atoms. The van der Waals surface area contributed by atoms with Gasteiger partial charge in [0.1, 0.15) is 16.4 Å². The quantitative estimate of drug-likeness (QED) is 0.560. The standard InChI is InChI=1S/C24H31N3O6S/c1-3-33-20-11-9-19(10-12-20)26-23(28)17-25-24(29)18-8-13-21(32-2)22(16-18)34(30,31)27-14-6-4-5-7-15-27/h8-13,16H,3-7,14-15,17H2,1-2H3,(H,25,29)(H,26,28). The number of sulfonamides is 1. The summed E-state index contributed by atoms with van der Waals surface area (Å²) < 4.78 is 38.6. The normalized spacial score (nSPS) is 14.6. The van der Waals surface area contributed by atoms with E-state index in [1.54, 1.807) is 24.3 Å². The van der Waals surface area contributed by atoms with Crippen LogP contribution in [0, 0.1) is 0 Å². The van der Waals surface area contributed by atoms with Crippen LogP contribution in [0.5, 0.6) is 11.5 Å². The minimum Gasteiger partial charge on any atom is -0.495 e. The molecule has 0 aromatic heterocycles. The number of amides is 2. The highest BCUT2D eigenvalue weighted by Crippen LogP contribution is 2.29. The van der Waals surface area contributed by atoms with E-state index in [2.05, 4.69) is 10.6 Å². The van der Waals surface area contributed by atoms with Crippen LogP contribution in [-0.2, 0) is 14.8 Å². The molecule has 10 heteroatoms. The molecule has 184 valence electrons. The first kappa shape index (κ1) is 25.5. The molecule has 0 spiro atoms. The molecule has 0 aliphatic carbocycles. The molecule has 3 rings (SSSR count). The van der Waals surface area contributed by atoms with Gasteiger partial charge in [-0.05, 0) is 62.2 Å². The second kappa shape index (κ2) is 11.8. The van der Waals surface area contributed by atoms with Crippen molar-refractivity contribution in [1.82, 2.24) is 9.62 Å². The van der Waals surface area contributed by atoms with Crippen LogP contribution in [0.1, 0.15) is 43.0 Å². The zero-order chi connectivity index (χ0) is 24.6. The SMILES string of the molecule is CCOc1ccc(NC(=O)CNC(=O)c2ccc(OC)c(S(=O)(=O)N3CCCCCC3)c2)cc1. The van der Waals surface area contributed by atoms with Gasteiger partial charge in [-0.25, -0.2) is 8.42 Å². The summed E-state index contributed by atoms with van der Waals surface area (Å²) in [5.74, 6) is -0.103. The Morgan fingerprint density at radius 1 is 1.00 bits per heavy atom. The highest BCUT2D eigenvalue weighted by Gasteiger charge is 2.29.